The third-order valence-corrected chi connectivity index (χ3v) is 4.65. The van der Waals surface area contributed by atoms with Gasteiger partial charge in [0.25, 0.3) is 0 Å². The number of anilines is 2. The Balaban J connectivity index is 1.69. The molecule has 1 aliphatic heterocycles. The van der Waals surface area contributed by atoms with E-state index in [2.05, 4.69) is 27.4 Å². The number of rotatable bonds is 2. The van der Waals surface area contributed by atoms with E-state index in [9.17, 15) is 4.39 Å². The van der Waals surface area contributed by atoms with E-state index >= 15 is 0 Å². The molecule has 0 atom stereocenters. The van der Waals surface area contributed by atoms with E-state index in [1.54, 1.807) is 25.3 Å². The van der Waals surface area contributed by atoms with E-state index in [0.717, 1.165) is 53.9 Å². The molecule has 2 aromatic carbocycles. The van der Waals surface area contributed by atoms with Crippen molar-refractivity contribution in [2.45, 2.75) is 19.8 Å². The van der Waals surface area contributed by atoms with Crippen molar-refractivity contribution in [3.05, 3.63) is 53.5 Å². The van der Waals surface area contributed by atoms with Crippen LogP contribution in [0.3, 0.4) is 0 Å². The Labute approximate surface area is 151 Å². The number of nitrogens with one attached hydrogen (secondary N) is 2. The molecule has 2 N–H and O–H groups in total. The van der Waals surface area contributed by atoms with Crippen LogP contribution in [-0.2, 0) is 4.74 Å². The summed E-state index contributed by atoms with van der Waals surface area (Å²) >= 11 is 0. The molecule has 1 aliphatic rings. The van der Waals surface area contributed by atoms with Crippen molar-refractivity contribution < 1.29 is 9.13 Å². The minimum atomic E-state index is -0.208. The van der Waals surface area contributed by atoms with Crippen molar-refractivity contribution in [3.63, 3.8) is 0 Å². The van der Waals surface area contributed by atoms with E-state index in [1.807, 2.05) is 12.1 Å². The molecule has 4 nitrogen and oxygen atoms in total. The Morgan fingerprint density at radius 1 is 1.23 bits per heavy atom. The van der Waals surface area contributed by atoms with Crippen LogP contribution in [0.5, 0.6) is 0 Å². The number of hydrogen-bond acceptors (Lipinski definition) is 3. The van der Waals surface area contributed by atoms with Gasteiger partial charge in [0.15, 0.2) is 0 Å². The molecule has 3 aromatic rings. The molecule has 5 heteroatoms. The Hall–Kier alpha value is -2.84. The van der Waals surface area contributed by atoms with Crippen molar-refractivity contribution in [1.29, 1.82) is 0 Å². The molecule has 0 amide bonds. The molecule has 1 fully saturated rings. The molecule has 1 aromatic heterocycles. The lowest BCUT2D eigenvalue weighted by molar-refractivity contribution is 0.0807. The minimum Gasteiger partial charge on any atom is -0.381 e. The summed E-state index contributed by atoms with van der Waals surface area (Å²) in [5.41, 5.74) is 4.18. The first kappa shape index (κ1) is 16.6. The minimum absolute atomic E-state index is 0.208. The fourth-order valence-corrected chi connectivity index (χ4v) is 3.10. The average molecular weight is 349 g/mol. The highest BCUT2D eigenvalue weighted by atomic mass is 19.1. The number of H-pyrrole nitrogens is 1. The summed E-state index contributed by atoms with van der Waals surface area (Å²) in [5, 5.41) is 11.5. The highest BCUT2D eigenvalue weighted by molar-refractivity contribution is 5.86. The summed E-state index contributed by atoms with van der Waals surface area (Å²) in [6.45, 7) is 3.31. The molecule has 0 spiro atoms. The van der Waals surface area contributed by atoms with E-state index in [-0.39, 0.29) is 5.82 Å². The molecule has 26 heavy (non-hydrogen) atoms. The molecule has 4 rings (SSSR count). The monoisotopic (exact) mass is 349 g/mol. The van der Waals surface area contributed by atoms with Crippen molar-refractivity contribution in [1.82, 2.24) is 10.2 Å². The van der Waals surface area contributed by atoms with Gasteiger partial charge >= 0.3 is 0 Å². The van der Waals surface area contributed by atoms with Crippen LogP contribution in [-0.4, -0.2) is 23.4 Å². The van der Waals surface area contributed by atoms with Crippen LogP contribution in [0.1, 0.15) is 24.0 Å². The maximum Gasteiger partial charge on any atom is 0.126 e. The number of halogens is 1. The Morgan fingerprint density at radius 3 is 2.88 bits per heavy atom. The first-order valence-corrected chi connectivity index (χ1v) is 8.78. The van der Waals surface area contributed by atoms with Crippen LogP contribution >= 0.6 is 0 Å². The number of aromatic nitrogens is 2. The molecule has 2 heterocycles. The zero-order valence-corrected chi connectivity index (χ0v) is 14.6. The van der Waals surface area contributed by atoms with Gasteiger partial charge in [-0.15, -0.1) is 0 Å². The van der Waals surface area contributed by atoms with Gasteiger partial charge in [0.1, 0.15) is 5.82 Å². The van der Waals surface area contributed by atoms with Crippen molar-refractivity contribution >= 4 is 22.3 Å². The van der Waals surface area contributed by atoms with Crippen LogP contribution in [0.4, 0.5) is 15.8 Å². The van der Waals surface area contributed by atoms with E-state index < -0.39 is 0 Å². The molecule has 0 bridgehead atoms. The van der Waals surface area contributed by atoms with Crippen LogP contribution in [0.15, 0.2) is 36.5 Å². The second-order valence-electron chi connectivity index (χ2n) is 6.60. The van der Waals surface area contributed by atoms with Crippen molar-refractivity contribution in [2.75, 3.05) is 18.5 Å². The number of fused-ring (bicyclic) bond motifs is 1. The number of aryl methyl sites for hydroxylation is 1. The van der Waals surface area contributed by atoms with Gasteiger partial charge in [-0.05, 0) is 55.7 Å². The molecular weight excluding hydrogens is 329 g/mol. The van der Waals surface area contributed by atoms with Gasteiger partial charge in [0, 0.05) is 30.2 Å². The molecule has 0 unspecified atom stereocenters. The fourth-order valence-electron chi connectivity index (χ4n) is 3.10. The smallest absolute Gasteiger partial charge is 0.126 e. The number of aromatic amines is 1. The number of benzene rings is 2. The quantitative estimate of drug-likeness (QED) is 0.668. The van der Waals surface area contributed by atoms with Gasteiger partial charge in [0.05, 0.1) is 23.0 Å². The van der Waals surface area contributed by atoms with Gasteiger partial charge in [-0.2, -0.15) is 5.10 Å². The summed E-state index contributed by atoms with van der Waals surface area (Å²) in [5.74, 6) is 6.85. The topological polar surface area (TPSA) is 49.9 Å². The third-order valence-electron chi connectivity index (χ3n) is 4.65. The fraction of sp³-hybridized carbons (Fsp3) is 0.286. The Kier molecular flexibility index (Phi) is 4.59. The standard InChI is InChI=1S/C21H20FN3O/c1-14-10-18(4-5-19(14)22)24-20-12-17-13-23-25-21(17)11-16(20)3-2-15-6-8-26-9-7-15/h4-5,10-13,15,24H,6-9H2,1H3,(H,23,25). The highest BCUT2D eigenvalue weighted by Gasteiger charge is 2.11. The van der Waals surface area contributed by atoms with Crippen LogP contribution in [0.2, 0.25) is 0 Å². The van der Waals surface area contributed by atoms with Crippen LogP contribution < -0.4 is 5.32 Å². The normalized spacial score (nSPS) is 14.8. The lowest BCUT2D eigenvalue weighted by Gasteiger charge is -2.16. The first-order valence-electron chi connectivity index (χ1n) is 8.78. The lowest BCUT2D eigenvalue weighted by atomic mass is 10.00. The number of hydrogen-bond donors (Lipinski definition) is 2. The van der Waals surface area contributed by atoms with E-state index in [0.29, 0.717) is 11.5 Å². The Bertz CT molecular complexity index is 993. The van der Waals surface area contributed by atoms with E-state index in [1.165, 1.54) is 6.07 Å². The second kappa shape index (κ2) is 7.19. The average Bonchev–Trinajstić information content (AvgIpc) is 3.11. The molecular formula is C21H20FN3O. The molecule has 0 aliphatic carbocycles. The summed E-state index contributed by atoms with van der Waals surface area (Å²) < 4.78 is 18.9. The number of nitrogens with zero attached hydrogens (tertiary/aromatic N) is 1. The summed E-state index contributed by atoms with van der Waals surface area (Å²) in [7, 11) is 0. The lowest BCUT2D eigenvalue weighted by Crippen LogP contribution is -2.13. The first-order chi connectivity index (χ1) is 12.7. The molecule has 1 saturated heterocycles. The summed E-state index contributed by atoms with van der Waals surface area (Å²) in [6, 6.07) is 9.03. The predicted molar refractivity (Wildman–Crippen MR) is 101 cm³/mol. The van der Waals surface area contributed by atoms with Gasteiger partial charge in [-0.25, -0.2) is 4.39 Å². The number of ether oxygens (including phenoxy) is 1. The van der Waals surface area contributed by atoms with Gasteiger partial charge < -0.3 is 10.1 Å². The summed E-state index contributed by atoms with van der Waals surface area (Å²) in [4.78, 5) is 0. The molecule has 0 saturated carbocycles. The molecule has 0 radical (unpaired) electrons. The zero-order chi connectivity index (χ0) is 17.9. The van der Waals surface area contributed by atoms with Crippen molar-refractivity contribution in [3.8, 4) is 11.8 Å². The summed E-state index contributed by atoms with van der Waals surface area (Å²) in [6.07, 6.45) is 3.73. The highest BCUT2D eigenvalue weighted by Crippen LogP contribution is 2.27. The second-order valence-corrected chi connectivity index (χ2v) is 6.60. The van der Waals surface area contributed by atoms with Gasteiger partial charge in [-0.1, -0.05) is 11.8 Å². The van der Waals surface area contributed by atoms with Gasteiger partial charge in [-0.3, -0.25) is 5.10 Å². The largest absolute Gasteiger partial charge is 0.381 e. The Morgan fingerprint density at radius 2 is 2.08 bits per heavy atom. The van der Waals surface area contributed by atoms with E-state index in [4.69, 9.17) is 4.74 Å². The molecule has 132 valence electrons. The van der Waals surface area contributed by atoms with Crippen LogP contribution in [0, 0.1) is 30.5 Å². The third kappa shape index (κ3) is 3.56. The van der Waals surface area contributed by atoms with Crippen molar-refractivity contribution in [2.24, 2.45) is 5.92 Å². The zero-order valence-electron chi connectivity index (χ0n) is 14.6. The maximum absolute atomic E-state index is 13.5. The maximum atomic E-state index is 13.5. The van der Waals surface area contributed by atoms with Gasteiger partial charge in [0.2, 0.25) is 0 Å². The SMILES string of the molecule is Cc1cc(Nc2cc3cn[nH]c3cc2C#CC2CCOCC2)ccc1F. The predicted octanol–water partition coefficient (Wildman–Crippen LogP) is 4.53. The van der Waals surface area contributed by atoms with Crippen LogP contribution in [0.25, 0.3) is 10.9 Å².